The van der Waals surface area contributed by atoms with Crippen LogP contribution in [0.5, 0.6) is 5.75 Å². The van der Waals surface area contributed by atoms with E-state index in [0.29, 0.717) is 6.61 Å². The molecule has 2 fully saturated rings. The maximum atomic E-state index is 13.5. The average molecular weight is 436 g/mol. The number of ether oxygens (including phenoxy) is 1. The molecule has 0 spiro atoms. The maximum absolute atomic E-state index is 13.5. The number of fused-ring (bicyclic) bond motifs is 2. The highest BCUT2D eigenvalue weighted by Crippen LogP contribution is 2.48. The lowest BCUT2D eigenvalue weighted by molar-refractivity contribution is -0.155. The smallest absolute Gasteiger partial charge is 0.141 e. The van der Waals surface area contributed by atoms with Crippen molar-refractivity contribution < 1.29 is 14.2 Å². The molecule has 2 bridgehead atoms. The fraction of sp³-hybridized carbons (Fsp3) is 0.423. The summed E-state index contributed by atoms with van der Waals surface area (Å²) in [6.45, 7) is 2.76. The highest BCUT2D eigenvalue weighted by Gasteiger charge is 2.53. The Hall–Kier alpha value is -2.70. The average Bonchev–Trinajstić information content (AvgIpc) is 3.20. The molecule has 5 nitrogen and oxygen atoms in total. The number of hydrogen-bond donors (Lipinski definition) is 1. The molecule has 0 radical (unpaired) electrons. The summed E-state index contributed by atoms with van der Waals surface area (Å²) in [6, 6.07) is 14.6. The molecule has 6 heteroatoms. The van der Waals surface area contributed by atoms with E-state index < -0.39 is 5.60 Å². The van der Waals surface area contributed by atoms with Gasteiger partial charge in [-0.25, -0.2) is 9.37 Å². The Kier molecular flexibility index (Phi) is 5.74. The van der Waals surface area contributed by atoms with E-state index in [0.717, 1.165) is 61.6 Å². The predicted octanol–water partition coefficient (Wildman–Crippen LogP) is 4.26. The topological polar surface area (TPSA) is 50.5 Å². The normalized spacial score (nSPS) is 25.6. The van der Waals surface area contributed by atoms with Gasteiger partial charge in [0.05, 0.1) is 0 Å². The number of hydrogen-bond acceptors (Lipinski definition) is 4. The summed E-state index contributed by atoms with van der Waals surface area (Å²) in [5.41, 5.74) is 1.07. The van der Waals surface area contributed by atoms with Crippen LogP contribution in [0.1, 0.15) is 36.2 Å². The zero-order valence-corrected chi connectivity index (χ0v) is 18.5. The standard InChI is InChI=1S/C26H30FN3O2/c1-29-13-12-28-25(29)26(31)21-8-5-9-22(26)17-30(16-21)15-20-7-2-3-11-24(20)32-18-19-6-4-10-23(27)14-19/h2-4,6-7,10-14,21-22,31H,5,8-9,15-18H2,1H3/t21-,22-/m1/s1. The van der Waals surface area contributed by atoms with Crippen LogP contribution in [0.3, 0.4) is 0 Å². The molecule has 5 rings (SSSR count). The van der Waals surface area contributed by atoms with Crippen LogP contribution in [-0.4, -0.2) is 32.6 Å². The summed E-state index contributed by atoms with van der Waals surface area (Å²) < 4.78 is 21.5. The van der Waals surface area contributed by atoms with Gasteiger partial charge in [0.1, 0.15) is 29.6 Å². The van der Waals surface area contributed by atoms with E-state index in [2.05, 4.69) is 16.0 Å². The molecule has 1 saturated carbocycles. The van der Waals surface area contributed by atoms with Crippen molar-refractivity contribution in [1.29, 1.82) is 0 Å². The van der Waals surface area contributed by atoms with Gasteiger partial charge >= 0.3 is 0 Å². The van der Waals surface area contributed by atoms with E-state index in [1.807, 2.05) is 42.1 Å². The van der Waals surface area contributed by atoms with Gasteiger partial charge in [0.15, 0.2) is 0 Å². The van der Waals surface area contributed by atoms with Gasteiger partial charge in [0, 0.05) is 56.5 Å². The third-order valence-electron chi connectivity index (χ3n) is 7.14. The lowest BCUT2D eigenvalue weighted by atomic mass is 9.65. The SMILES string of the molecule is Cn1ccnc1C1(O)[C@@H]2CCC[C@@H]1CN(Cc1ccccc1OCc1cccc(F)c1)C2. The first-order valence-corrected chi connectivity index (χ1v) is 11.4. The van der Waals surface area contributed by atoms with Crippen molar-refractivity contribution >= 4 is 0 Å². The van der Waals surface area contributed by atoms with Crippen molar-refractivity contribution in [2.75, 3.05) is 13.1 Å². The molecule has 1 aliphatic carbocycles. The van der Waals surface area contributed by atoms with Crippen LogP contribution in [0.25, 0.3) is 0 Å². The molecular weight excluding hydrogens is 405 g/mol. The van der Waals surface area contributed by atoms with Gasteiger partial charge in [0.25, 0.3) is 0 Å². The summed E-state index contributed by atoms with van der Waals surface area (Å²) >= 11 is 0. The van der Waals surface area contributed by atoms with Crippen LogP contribution in [0.2, 0.25) is 0 Å². The number of halogens is 1. The second-order valence-electron chi connectivity index (χ2n) is 9.23. The molecule has 2 heterocycles. The number of benzene rings is 2. The molecule has 1 N–H and O–H groups in total. The summed E-state index contributed by atoms with van der Waals surface area (Å²) in [5, 5.41) is 11.8. The fourth-order valence-corrected chi connectivity index (χ4v) is 5.59. The van der Waals surface area contributed by atoms with Crippen LogP contribution in [-0.2, 0) is 25.8 Å². The van der Waals surface area contributed by atoms with Crippen molar-refractivity contribution in [3.63, 3.8) is 0 Å². The molecule has 2 atom stereocenters. The first-order chi connectivity index (χ1) is 15.5. The summed E-state index contributed by atoms with van der Waals surface area (Å²) in [6.07, 6.45) is 6.87. The molecule has 0 amide bonds. The van der Waals surface area contributed by atoms with Gasteiger partial charge in [-0.2, -0.15) is 0 Å². The fourth-order valence-electron chi connectivity index (χ4n) is 5.59. The van der Waals surface area contributed by atoms with Gasteiger partial charge in [-0.05, 0) is 36.6 Å². The Bertz CT molecular complexity index is 1070. The highest BCUT2D eigenvalue weighted by molar-refractivity contribution is 5.34. The Balaban J connectivity index is 1.31. The minimum absolute atomic E-state index is 0.163. The first-order valence-electron chi connectivity index (χ1n) is 11.4. The molecule has 168 valence electrons. The van der Waals surface area contributed by atoms with Crippen LogP contribution in [0, 0.1) is 17.7 Å². The number of imidazole rings is 1. The summed E-state index contributed by atoms with van der Waals surface area (Å²) in [4.78, 5) is 6.96. The van der Waals surface area contributed by atoms with Crippen LogP contribution < -0.4 is 4.74 Å². The number of piperidine rings is 1. The van der Waals surface area contributed by atoms with E-state index in [1.165, 1.54) is 12.1 Å². The number of rotatable bonds is 6. The molecule has 0 unspecified atom stereocenters. The monoisotopic (exact) mass is 435 g/mol. The van der Waals surface area contributed by atoms with Gasteiger partial charge in [0.2, 0.25) is 0 Å². The van der Waals surface area contributed by atoms with E-state index in [9.17, 15) is 9.50 Å². The molecule has 2 aliphatic rings. The van der Waals surface area contributed by atoms with E-state index in [4.69, 9.17) is 4.74 Å². The minimum Gasteiger partial charge on any atom is -0.489 e. The van der Waals surface area contributed by atoms with Crippen LogP contribution in [0.4, 0.5) is 4.39 Å². The maximum Gasteiger partial charge on any atom is 0.141 e. The molecule has 3 aromatic rings. The summed E-state index contributed by atoms with van der Waals surface area (Å²) in [5.74, 6) is 1.70. The number of para-hydroxylation sites is 1. The molecule has 32 heavy (non-hydrogen) atoms. The zero-order chi connectivity index (χ0) is 22.1. The number of likely N-dealkylation sites (tertiary alicyclic amines) is 1. The van der Waals surface area contributed by atoms with Crippen molar-refractivity contribution in [1.82, 2.24) is 14.5 Å². The van der Waals surface area contributed by atoms with Gasteiger partial charge in [-0.15, -0.1) is 0 Å². The van der Waals surface area contributed by atoms with Gasteiger partial charge in [-0.1, -0.05) is 36.8 Å². The number of aliphatic hydroxyl groups is 1. The second kappa shape index (κ2) is 8.68. The third kappa shape index (κ3) is 3.93. The minimum atomic E-state index is -0.861. The number of nitrogens with zero attached hydrogens (tertiary/aromatic N) is 3. The highest BCUT2D eigenvalue weighted by atomic mass is 19.1. The lowest BCUT2D eigenvalue weighted by Crippen LogP contribution is -2.58. The molecule has 1 aromatic heterocycles. The zero-order valence-electron chi connectivity index (χ0n) is 18.5. The quantitative estimate of drug-likeness (QED) is 0.629. The van der Waals surface area contributed by atoms with Crippen molar-refractivity contribution in [3.8, 4) is 5.75 Å². The molecule has 1 saturated heterocycles. The van der Waals surface area contributed by atoms with Crippen molar-refractivity contribution in [3.05, 3.63) is 83.7 Å². The predicted molar refractivity (Wildman–Crippen MR) is 120 cm³/mol. The second-order valence-corrected chi connectivity index (χ2v) is 9.23. The first kappa shape index (κ1) is 21.2. The largest absolute Gasteiger partial charge is 0.489 e. The Morgan fingerprint density at radius 3 is 2.62 bits per heavy atom. The van der Waals surface area contributed by atoms with Crippen molar-refractivity contribution in [2.45, 2.75) is 38.0 Å². The molecule has 1 aliphatic heterocycles. The Morgan fingerprint density at radius 2 is 1.91 bits per heavy atom. The van der Waals surface area contributed by atoms with E-state index in [-0.39, 0.29) is 17.7 Å². The van der Waals surface area contributed by atoms with Crippen molar-refractivity contribution in [2.24, 2.45) is 18.9 Å². The van der Waals surface area contributed by atoms with Gasteiger partial charge < -0.3 is 14.4 Å². The Morgan fingerprint density at radius 1 is 1.12 bits per heavy atom. The Labute approximate surface area is 188 Å². The lowest BCUT2D eigenvalue weighted by Gasteiger charge is -2.52. The molecular formula is C26H30FN3O2. The number of aromatic nitrogens is 2. The molecule has 2 aromatic carbocycles. The van der Waals surface area contributed by atoms with Crippen LogP contribution in [0.15, 0.2) is 60.9 Å². The van der Waals surface area contributed by atoms with Crippen LogP contribution >= 0.6 is 0 Å². The van der Waals surface area contributed by atoms with E-state index in [1.54, 1.807) is 12.3 Å². The third-order valence-corrected chi connectivity index (χ3v) is 7.14. The van der Waals surface area contributed by atoms with E-state index >= 15 is 0 Å². The van der Waals surface area contributed by atoms with Gasteiger partial charge in [-0.3, -0.25) is 4.90 Å². The number of aryl methyl sites for hydroxylation is 1. The summed E-state index contributed by atoms with van der Waals surface area (Å²) in [7, 11) is 1.97.